The van der Waals surface area contributed by atoms with Crippen molar-refractivity contribution in [2.75, 3.05) is 0 Å². The zero-order valence-corrected chi connectivity index (χ0v) is 15.5. The molecular weight excluding hydrogens is 388 g/mol. The van der Waals surface area contributed by atoms with Gasteiger partial charge in [0.2, 0.25) is 11.8 Å². The third-order valence-corrected chi connectivity index (χ3v) is 5.46. The molecule has 3 N–H and O–H groups in total. The van der Waals surface area contributed by atoms with Gasteiger partial charge in [-0.15, -0.1) is 0 Å². The number of hydrogen-bond acceptors (Lipinski definition) is 7. The average molecular weight is 406 g/mol. The molecule has 0 aromatic heterocycles. The van der Waals surface area contributed by atoms with Crippen molar-refractivity contribution in [3.8, 4) is 0 Å². The zero-order valence-electron chi connectivity index (χ0n) is 13.9. The number of carboxylic acids is 1. The largest absolute Gasteiger partial charge is 0.477 e. The highest BCUT2D eigenvalue weighted by atomic mass is 32.3. The van der Waals surface area contributed by atoms with Gasteiger partial charge in [-0.1, -0.05) is 18.7 Å². The molecule has 12 heteroatoms. The molecule has 0 saturated carbocycles. The van der Waals surface area contributed by atoms with E-state index in [9.17, 15) is 27.9 Å². The Balaban J connectivity index is 2.11. The predicted octanol–water partition coefficient (Wildman–Crippen LogP) is 0.452. The topological polar surface area (TPSA) is 150 Å². The fourth-order valence-electron chi connectivity index (χ4n) is 2.92. The Morgan fingerprint density at radius 2 is 2.15 bits per heavy atom. The van der Waals surface area contributed by atoms with Crippen LogP contribution in [0.15, 0.2) is 22.2 Å². The summed E-state index contributed by atoms with van der Waals surface area (Å²) in [5, 5.41) is 13.4. The molecule has 3 unspecified atom stereocenters. The first-order valence-electron chi connectivity index (χ1n) is 7.63. The number of fused-ring (bicyclic) bond motifs is 1. The fourth-order valence-corrected chi connectivity index (χ4v) is 4.29. The lowest BCUT2D eigenvalue weighted by Crippen LogP contribution is -2.62. The monoisotopic (exact) mass is 406 g/mol. The van der Waals surface area contributed by atoms with Crippen LogP contribution in [0.5, 0.6) is 0 Å². The molecule has 10 nitrogen and oxygen atoms in total. The molecule has 144 valence electrons. The molecule has 0 radical (unpaired) electrons. The van der Waals surface area contributed by atoms with Crippen molar-refractivity contribution < 1.29 is 36.6 Å². The molecule has 0 aromatic carbocycles. The molecule has 3 atom stereocenters. The molecule has 1 saturated heterocycles. The maximum absolute atomic E-state index is 12.3. The van der Waals surface area contributed by atoms with Gasteiger partial charge < -0.3 is 15.3 Å². The number of nitrogens with zero attached hydrogens (tertiary/aromatic N) is 1. The zero-order chi connectivity index (χ0) is 19.6. The molecule has 2 heterocycles. The van der Waals surface area contributed by atoms with Crippen molar-refractivity contribution in [1.29, 1.82) is 0 Å². The maximum atomic E-state index is 12.3. The summed E-state index contributed by atoms with van der Waals surface area (Å²) in [5.74, 6) is -2.94. The first kappa shape index (κ1) is 20.4. The summed E-state index contributed by atoms with van der Waals surface area (Å²) in [5.41, 5.74) is -0.174. The summed E-state index contributed by atoms with van der Waals surface area (Å²) >= 11 is 1.05. The Bertz CT molecular complexity index is 789. The first-order chi connectivity index (χ1) is 12.1. The summed E-state index contributed by atoms with van der Waals surface area (Å²) in [6.07, 6.45) is 0.753. The number of carbonyl (C=O) groups is 3. The van der Waals surface area contributed by atoms with Crippen LogP contribution in [0.1, 0.15) is 26.7 Å². The molecule has 2 rings (SSSR count). The van der Waals surface area contributed by atoms with Gasteiger partial charge in [0.25, 0.3) is 0 Å². The van der Waals surface area contributed by atoms with Crippen molar-refractivity contribution >= 4 is 39.9 Å². The molecule has 0 aromatic rings. The van der Waals surface area contributed by atoms with Crippen molar-refractivity contribution in [1.82, 2.24) is 10.2 Å². The van der Waals surface area contributed by atoms with Gasteiger partial charge in [-0.2, -0.15) is 8.42 Å². The molecular formula is C14H18N2O8S2. The highest BCUT2D eigenvalue weighted by Crippen LogP contribution is 2.47. The van der Waals surface area contributed by atoms with Crippen LogP contribution in [-0.4, -0.2) is 52.9 Å². The van der Waals surface area contributed by atoms with Crippen molar-refractivity contribution in [2.24, 2.45) is 5.92 Å². The van der Waals surface area contributed by atoms with E-state index in [4.69, 9.17) is 4.55 Å². The van der Waals surface area contributed by atoms with Crippen molar-refractivity contribution in [2.45, 2.75) is 38.8 Å². The van der Waals surface area contributed by atoms with Crippen LogP contribution in [-0.2, 0) is 29.0 Å². The predicted molar refractivity (Wildman–Crippen MR) is 90.7 cm³/mol. The minimum Gasteiger partial charge on any atom is -0.477 e. The van der Waals surface area contributed by atoms with Crippen LogP contribution in [0.2, 0.25) is 0 Å². The summed E-state index contributed by atoms with van der Waals surface area (Å²) in [7, 11) is -4.73. The van der Waals surface area contributed by atoms with E-state index >= 15 is 0 Å². The van der Waals surface area contributed by atoms with E-state index in [1.165, 1.54) is 18.5 Å². The number of carboxylic acid groups (broad SMARTS) is 1. The molecule has 0 aliphatic carbocycles. The van der Waals surface area contributed by atoms with Gasteiger partial charge in [0, 0.05) is 23.9 Å². The number of hydrogen-bond donors (Lipinski definition) is 3. The van der Waals surface area contributed by atoms with Gasteiger partial charge in [-0.3, -0.25) is 14.1 Å². The lowest BCUT2D eigenvalue weighted by Gasteiger charge is -2.45. The van der Waals surface area contributed by atoms with Crippen molar-refractivity contribution in [3.05, 3.63) is 22.2 Å². The second-order valence-corrected chi connectivity index (χ2v) is 7.70. The normalized spacial score (nSPS) is 23.8. The van der Waals surface area contributed by atoms with Gasteiger partial charge >= 0.3 is 16.4 Å². The van der Waals surface area contributed by atoms with Gasteiger partial charge in [0.15, 0.2) is 0 Å². The maximum Gasteiger partial charge on any atom is 0.397 e. The summed E-state index contributed by atoms with van der Waals surface area (Å²) in [6, 6.07) is -0.563. The Morgan fingerprint density at radius 3 is 2.69 bits per heavy atom. The number of nitrogens with one attached hydrogen (secondary N) is 1. The standard InChI is InChI=1S/C14H18N2O8S2/c1-3-10(17)15-4-5-25-9-6-8-11(7(2)24-26(21,22)23)13(18)16(8)12(9)14(19)20/h4-5,7-8,11H,3,6H2,1-2H3,(H,15,17)(H,19,20)(H,21,22,23). The van der Waals surface area contributed by atoms with E-state index < -0.39 is 40.3 Å². The Hall–Kier alpha value is -1.89. The smallest absolute Gasteiger partial charge is 0.397 e. The van der Waals surface area contributed by atoms with E-state index in [0.29, 0.717) is 11.3 Å². The van der Waals surface area contributed by atoms with E-state index in [1.54, 1.807) is 6.92 Å². The van der Waals surface area contributed by atoms with Crippen LogP contribution >= 0.6 is 11.8 Å². The molecule has 26 heavy (non-hydrogen) atoms. The molecule has 2 amide bonds. The third-order valence-electron chi connectivity index (χ3n) is 3.99. The number of amides is 2. The van der Waals surface area contributed by atoms with Gasteiger partial charge in [-0.25, -0.2) is 8.98 Å². The van der Waals surface area contributed by atoms with Gasteiger partial charge in [0.1, 0.15) is 5.70 Å². The number of thioether (sulfide) groups is 1. The molecule has 2 aliphatic rings. The fraction of sp³-hybridized carbons (Fsp3) is 0.500. The van der Waals surface area contributed by atoms with E-state index in [2.05, 4.69) is 9.50 Å². The van der Waals surface area contributed by atoms with E-state index in [1.807, 2.05) is 0 Å². The third kappa shape index (κ3) is 4.26. The van der Waals surface area contributed by atoms with Crippen LogP contribution in [0.25, 0.3) is 0 Å². The van der Waals surface area contributed by atoms with E-state index in [-0.39, 0.29) is 18.0 Å². The van der Waals surface area contributed by atoms with Crippen LogP contribution in [0.3, 0.4) is 0 Å². The lowest BCUT2D eigenvalue weighted by atomic mass is 9.83. The highest BCUT2D eigenvalue weighted by molar-refractivity contribution is 8.05. The Morgan fingerprint density at radius 1 is 1.50 bits per heavy atom. The second-order valence-electron chi connectivity index (χ2n) is 5.65. The Labute approximate surface area is 154 Å². The lowest BCUT2D eigenvalue weighted by molar-refractivity contribution is -0.160. The second kappa shape index (κ2) is 7.78. The summed E-state index contributed by atoms with van der Waals surface area (Å²) < 4.78 is 34.9. The summed E-state index contributed by atoms with van der Waals surface area (Å²) in [6.45, 7) is 3.00. The molecule has 1 fully saturated rings. The van der Waals surface area contributed by atoms with Crippen LogP contribution in [0.4, 0.5) is 0 Å². The van der Waals surface area contributed by atoms with Gasteiger partial charge in [0.05, 0.1) is 18.1 Å². The summed E-state index contributed by atoms with van der Waals surface area (Å²) in [4.78, 5) is 36.4. The number of β-lactam (4-membered cyclic amide) rings is 1. The number of rotatable bonds is 8. The SMILES string of the molecule is CCC(=O)NC=CSC1=C(C(=O)O)N2C(=O)C(C(C)OS(=O)(=O)O)C2C1. The minimum absolute atomic E-state index is 0.174. The van der Waals surface area contributed by atoms with Crippen molar-refractivity contribution in [3.63, 3.8) is 0 Å². The average Bonchev–Trinajstić information content (AvgIpc) is 2.84. The number of carbonyl (C=O) groups excluding carboxylic acids is 2. The van der Waals surface area contributed by atoms with Gasteiger partial charge in [-0.05, 0) is 12.3 Å². The van der Waals surface area contributed by atoms with Crippen LogP contribution in [0, 0.1) is 5.92 Å². The minimum atomic E-state index is -4.73. The Kier molecular flexibility index (Phi) is 6.11. The first-order valence-corrected chi connectivity index (χ1v) is 9.87. The van der Waals surface area contributed by atoms with Crippen LogP contribution < -0.4 is 5.32 Å². The number of aliphatic carboxylic acids is 1. The quantitative estimate of drug-likeness (QED) is 0.385. The van der Waals surface area contributed by atoms with E-state index in [0.717, 1.165) is 16.7 Å². The highest BCUT2D eigenvalue weighted by Gasteiger charge is 2.57. The molecule has 0 spiro atoms. The molecule has 2 aliphatic heterocycles. The molecule has 0 bridgehead atoms.